The smallest absolute Gasteiger partial charge is 0.228 e. The fourth-order valence-electron chi connectivity index (χ4n) is 2.17. The van der Waals surface area contributed by atoms with Crippen LogP contribution >= 0.6 is 47.0 Å². The lowest BCUT2D eigenvalue weighted by atomic mass is 10.1. The van der Waals surface area contributed by atoms with E-state index in [4.69, 9.17) is 47.0 Å². The fraction of sp³-hybridized carbons (Fsp3) is 0.529. The molecule has 1 rings (SSSR count). The molecule has 1 aromatic carbocycles. The highest BCUT2D eigenvalue weighted by Crippen LogP contribution is 2.29. The number of carbonyl (C=O) groups is 1. The number of nitrogens with one attached hydrogen (secondary N) is 3. The van der Waals surface area contributed by atoms with Gasteiger partial charge in [0, 0.05) is 12.1 Å². The molecule has 0 spiro atoms. The number of alkyl halides is 3. The van der Waals surface area contributed by atoms with E-state index in [0.29, 0.717) is 6.42 Å². The van der Waals surface area contributed by atoms with Gasteiger partial charge in [-0.05, 0) is 43.3 Å². The van der Waals surface area contributed by atoms with Gasteiger partial charge in [0.25, 0.3) is 0 Å². The molecule has 1 aromatic rings. The summed E-state index contributed by atoms with van der Waals surface area (Å²) < 4.78 is -1.74. The highest BCUT2D eigenvalue weighted by Gasteiger charge is 2.34. The van der Waals surface area contributed by atoms with Crippen molar-refractivity contribution in [2.75, 3.05) is 5.32 Å². The first-order valence-electron chi connectivity index (χ1n) is 8.22. The summed E-state index contributed by atoms with van der Waals surface area (Å²) >= 11 is 23.1. The number of thiocarbonyl (C=S) groups is 1. The van der Waals surface area contributed by atoms with Gasteiger partial charge in [-0.15, -0.1) is 0 Å². The summed E-state index contributed by atoms with van der Waals surface area (Å²) in [6.45, 7) is 4.09. The number of hydrogen-bond donors (Lipinski definition) is 3. The van der Waals surface area contributed by atoms with Crippen molar-refractivity contribution in [3.63, 3.8) is 0 Å². The molecule has 0 bridgehead atoms. The molecule has 0 saturated heterocycles. The molecule has 4 nitrogen and oxygen atoms in total. The average Bonchev–Trinajstić information content (AvgIpc) is 2.50. The zero-order chi connectivity index (χ0) is 18.9. The minimum Gasteiger partial charge on any atom is -0.339 e. The molecular weight excluding hydrogens is 401 g/mol. The maximum absolute atomic E-state index is 12.1. The molecule has 0 radical (unpaired) electrons. The van der Waals surface area contributed by atoms with Gasteiger partial charge in [0.05, 0.1) is 0 Å². The summed E-state index contributed by atoms with van der Waals surface area (Å²) in [5.74, 6) is -0.182. The van der Waals surface area contributed by atoms with E-state index >= 15 is 0 Å². The minimum absolute atomic E-state index is 0.182. The Morgan fingerprint density at radius 3 is 2.52 bits per heavy atom. The van der Waals surface area contributed by atoms with Crippen LogP contribution in [-0.2, 0) is 4.79 Å². The van der Waals surface area contributed by atoms with Gasteiger partial charge in [0.1, 0.15) is 6.17 Å². The molecular formula is C17H24Cl3N3OS. The molecule has 0 unspecified atom stereocenters. The van der Waals surface area contributed by atoms with Crippen molar-refractivity contribution in [3.05, 3.63) is 29.8 Å². The normalized spacial score (nSPS) is 12.4. The Labute approximate surface area is 170 Å². The Hall–Kier alpha value is -0.750. The average molecular weight is 425 g/mol. The van der Waals surface area contributed by atoms with Gasteiger partial charge in [-0.3, -0.25) is 4.79 Å². The molecule has 0 fully saturated rings. The van der Waals surface area contributed by atoms with Crippen LogP contribution in [-0.4, -0.2) is 21.0 Å². The summed E-state index contributed by atoms with van der Waals surface area (Å²) in [6.07, 6.45) is 3.47. The molecule has 0 aliphatic heterocycles. The summed E-state index contributed by atoms with van der Waals surface area (Å²) in [7, 11) is 0. The van der Waals surface area contributed by atoms with Crippen molar-refractivity contribution in [2.24, 2.45) is 0 Å². The summed E-state index contributed by atoms with van der Waals surface area (Å²) in [5.41, 5.74) is 1.90. The molecule has 0 aliphatic carbocycles. The van der Waals surface area contributed by atoms with Gasteiger partial charge in [-0.25, -0.2) is 0 Å². The van der Waals surface area contributed by atoms with Crippen molar-refractivity contribution in [1.82, 2.24) is 10.6 Å². The Kier molecular flexibility index (Phi) is 9.87. The Morgan fingerprint density at radius 1 is 1.20 bits per heavy atom. The van der Waals surface area contributed by atoms with E-state index in [1.807, 2.05) is 31.2 Å². The molecule has 8 heteroatoms. The van der Waals surface area contributed by atoms with Crippen LogP contribution in [0.3, 0.4) is 0 Å². The van der Waals surface area contributed by atoms with Crippen molar-refractivity contribution in [1.29, 1.82) is 0 Å². The molecule has 1 atom stereocenters. The van der Waals surface area contributed by atoms with E-state index < -0.39 is 9.96 Å². The van der Waals surface area contributed by atoms with Crippen molar-refractivity contribution >= 4 is 63.7 Å². The highest BCUT2D eigenvalue weighted by molar-refractivity contribution is 7.80. The number of benzene rings is 1. The standard InChI is InChI=1S/C17H24Cl3N3OS/c1-3-4-5-6-10-14(24)22-15(17(18,19)20)23-16(25)21-13-9-7-8-12(2)11-13/h7-9,11,15H,3-6,10H2,1-2H3,(H,22,24)(H2,21,23,25)/t15-/m1/s1. The van der Waals surface area contributed by atoms with Crippen LogP contribution in [0.25, 0.3) is 0 Å². The third kappa shape index (κ3) is 9.50. The van der Waals surface area contributed by atoms with E-state index in [9.17, 15) is 4.79 Å². The summed E-state index contributed by atoms with van der Waals surface area (Å²) in [4.78, 5) is 12.1. The molecule has 140 valence electrons. The number of anilines is 1. The van der Waals surface area contributed by atoms with E-state index in [-0.39, 0.29) is 11.0 Å². The maximum Gasteiger partial charge on any atom is 0.228 e. The SMILES string of the molecule is CCCCCCC(=O)N[C@H](NC(=S)Nc1cccc(C)c1)C(Cl)(Cl)Cl. The Morgan fingerprint density at radius 2 is 1.92 bits per heavy atom. The van der Waals surface area contributed by atoms with Crippen LogP contribution in [0, 0.1) is 6.92 Å². The third-order valence-corrected chi connectivity index (χ3v) is 4.32. The van der Waals surface area contributed by atoms with Gasteiger partial charge in [-0.1, -0.05) is 73.1 Å². The van der Waals surface area contributed by atoms with Crippen LogP contribution in [0.2, 0.25) is 0 Å². The number of amides is 1. The van der Waals surface area contributed by atoms with E-state index in [1.54, 1.807) is 0 Å². The molecule has 3 N–H and O–H groups in total. The fourth-order valence-corrected chi connectivity index (χ4v) is 2.73. The molecule has 0 aliphatic rings. The van der Waals surface area contributed by atoms with Crippen LogP contribution in [0.15, 0.2) is 24.3 Å². The first-order valence-corrected chi connectivity index (χ1v) is 9.77. The van der Waals surface area contributed by atoms with Crippen LogP contribution in [0.5, 0.6) is 0 Å². The van der Waals surface area contributed by atoms with Crippen molar-refractivity contribution in [2.45, 2.75) is 55.9 Å². The number of halogens is 3. The van der Waals surface area contributed by atoms with E-state index in [2.05, 4.69) is 22.9 Å². The zero-order valence-corrected chi connectivity index (χ0v) is 17.5. The summed E-state index contributed by atoms with van der Waals surface area (Å²) in [6, 6.07) is 7.69. The lowest BCUT2D eigenvalue weighted by Crippen LogP contribution is -2.56. The third-order valence-electron chi connectivity index (χ3n) is 3.44. The van der Waals surface area contributed by atoms with E-state index in [1.165, 1.54) is 0 Å². The zero-order valence-electron chi connectivity index (χ0n) is 14.4. The van der Waals surface area contributed by atoms with Crippen LogP contribution in [0.1, 0.15) is 44.6 Å². The quantitative estimate of drug-likeness (QED) is 0.236. The Bertz CT molecular complexity index is 579. The van der Waals surface area contributed by atoms with Gasteiger partial charge < -0.3 is 16.0 Å². The monoisotopic (exact) mass is 423 g/mol. The molecule has 0 heterocycles. The molecule has 1 amide bonds. The molecule has 0 saturated carbocycles. The van der Waals surface area contributed by atoms with Gasteiger partial charge in [0.2, 0.25) is 9.70 Å². The van der Waals surface area contributed by atoms with Gasteiger partial charge >= 0.3 is 0 Å². The number of rotatable bonds is 8. The lowest BCUT2D eigenvalue weighted by molar-refractivity contribution is -0.122. The highest BCUT2D eigenvalue weighted by atomic mass is 35.6. The summed E-state index contributed by atoms with van der Waals surface area (Å²) in [5, 5.41) is 8.81. The first kappa shape index (κ1) is 22.3. The van der Waals surface area contributed by atoms with Gasteiger partial charge in [-0.2, -0.15) is 0 Å². The van der Waals surface area contributed by atoms with E-state index in [0.717, 1.165) is 36.9 Å². The minimum atomic E-state index is -1.74. The second-order valence-corrected chi connectivity index (χ2v) is 8.60. The van der Waals surface area contributed by atoms with Crippen molar-refractivity contribution in [3.8, 4) is 0 Å². The predicted molar refractivity (Wildman–Crippen MR) is 112 cm³/mol. The molecule has 25 heavy (non-hydrogen) atoms. The topological polar surface area (TPSA) is 53.2 Å². The number of aryl methyl sites for hydroxylation is 1. The Balaban J connectivity index is 2.57. The molecule has 0 aromatic heterocycles. The van der Waals surface area contributed by atoms with Crippen LogP contribution < -0.4 is 16.0 Å². The van der Waals surface area contributed by atoms with Crippen LogP contribution in [0.4, 0.5) is 5.69 Å². The number of unbranched alkanes of at least 4 members (excludes halogenated alkanes) is 3. The predicted octanol–water partition coefficient (Wildman–Crippen LogP) is 5.06. The second kappa shape index (κ2) is 11.1. The number of hydrogen-bond acceptors (Lipinski definition) is 2. The number of carbonyl (C=O) groups excluding carboxylic acids is 1. The van der Waals surface area contributed by atoms with Crippen molar-refractivity contribution < 1.29 is 4.79 Å². The first-order chi connectivity index (χ1) is 11.7. The second-order valence-electron chi connectivity index (χ2n) is 5.82. The van der Waals surface area contributed by atoms with Gasteiger partial charge in [0.15, 0.2) is 5.11 Å². The largest absolute Gasteiger partial charge is 0.339 e. The lowest BCUT2D eigenvalue weighted by Gasteiger charge is -2.27. The maximum atomic E-state index is 12.1.